The zero-order valence-corrected chi connectivity index (χ0v) is 8.11. The minimum absolute atomic E-state index is 1.19. The molecule has 0 radical (unpaired) electrons. The molecule has 0 unspecified atom stereocenters. The van der Waals surface area contributed by atoms with Gasteiger partial charge in [0, 0.05) is 46.4 Å². The summed E-state index contributed by atoms with van der Waals surface area (Å²) in [5.41, 5.74) is 1.19. The molecule has 0 spiro atoms. The standard InChI is InChI=1S/C7H10N2.C2H6O/c1-9(2)7-3-5-8-6-4-7;1-3-2/h3-6H,1-2H3;1-2H3. The van der Waals surface area contributed by atoms with Gasteiger partial charge in [-0.2, -0.15) is 0 Å². The summed E-state index contributed by atoms with van der Waals surface area (Å²) in [5.74, 6) is 0. The highest BCUT2D eigenvalue weighted by atomic mass is 16.4. The first-order chi connectivity index (χ1) is 5.72. The highest BCUT2D eigenvalue weighted by Crippen LogP contribution is 2.05. The Hall–Kier alpha value is -1.09. The summed E-state index contributed by atoms with van der Waals surface area (Å²) in [6.45, 7) is 0. The molecule has 1 heterocycles. The zero-order chi connectivity index (χ0) is 9.40. The Labute approximate surface area is 74.0 Å². The Morgan fingerprint density at radius 3 is 1.83 bits per heavy atom. The van der Waals surface area contributed by atoms with Crippen molar-refractivity contribution in [2.45, 2.75) is 0 Å². The molecular weight excluding hydrogens is 152 g/mol. The van der Waals surface area contributed by atoms with Gasteiger partial charge < -0.3 is 9.64 Å². The highest BCUT2D eigenvalue weighted by molar-refractivity contribution is 5.42. The summed E-state index contributed by atoms with van der Waals surface area (Å²) in [6.07, 6.45) is 3.57. The van der Waals surface area contributed by atoms with Crippen LogP contribution in [0.25, 0.3) is 0 Å². The maximum absolute atomic E-state index is 4.25. The van der Waals surface area contributed by atoms with Crippen LogP contribution in [0.4, 0.5) is 5.69 Å². The summed E-state index contributed by atoms with van der Waals surface area (Å²) >= 11 is 0. The van der Waals surface area contributed by atoms with Crippen LogP contribution in [-0.4, -0.2) is 33.3 Å². The largest absolute Gasteiger partial charge is 0.388 e. The van der Waals surface area contributed by atoms with Gasteiger partial charge in [0.2, 0.25) is 0 Å². The molecule has 0 amide bonds. The van der Waals surface area contributed by atoms with E-state index in [4.69, 9.17) is 0 Å². The van der Waals surface area contributed by atoms with Crippen molar-refractivity contribution in [2.24, 2.45) is 0 Å². The molecule has 0 aromatic carbocycles. The molecule has 0 atom stereocenters. The Bertz CT molecular complexity index is 187. The van der Waals surface area contributed by atoms with Crippen LogP contribution in [-0.2, 0) is 4.74 Å². The number of pyridine rings is 1. The van der Waals surface area contributed by atoms with Crippen molar-refractivity contribution in [3.05, 3.63) is 24.5 Å². The van der Waals surface area contributed by atoms with E-state index in [-0.39, 0.29) is 0 Å². The number of hydrogen-bond donors (Lipinski definition) is 0. The second-order valence-electron chi connectivity index (χ2n) is 2.51. The molecule has 0 aliphatic heterocycles. The monoisotopic (exact) mass is 168 g/mol. The number of nitrogens with zero attached hydrogens (tertiary/aromatic N) is 2. The van der Waals surface area contributed by atoms with E-state index in [2.05, 4.69) is 9.72 Å². The van der Waals surface area contributed by atoms with E-state index < -0.39 is 0 Å². The van der Waals surface area contributed by atoms with Crippen molar-refractivity contribution < 1.29 is 4.74 Å². The lowest BCUT2D eigenvalue weighted by Crippen LogP contribution is -2.07. The van der Waals surface area contributed by atoms with Gasteiger partial charge in [0.15, 0.2) is 0 Å². The SMILES string of the molecule is CN(C)c1ccncc1.COC. The normalized spacial score (nSPS) is 8.33. The van der Waals surface area contributed by atoms with Crippen molar-refractivity contribution >= 4 is 5.69 Å². The first-order valence-electron chi connectivity index (χ1n) is 3.69. The van der Waals surface area contributed by atoms with E-state index >= 15 is 0 Å². The van der Waals surface area contributed by atoms with E-state index in [0.29, 0.717) is 0 Å². The van der Waals surface area contributed by atoms with E-state index in [9.17, 15) is 0 Å². The van der Waals surface area contributed by atoms with E-state index in [1.807, 2.05) is 31.1 Å². The summed E-state index contributed by atoms with van der Waals surface area (Å²) in [7, 11) is 7.27. The van der Waals surface area contributed by atoms with Crippen molar-refractivity contribution in [1.82, 2.24) is 4.98 Å². The lowest BCUT2D eigenvalue weighted by molar-refractivity contribution is 0.277. The molecule has 0 saturated carbocycles. The number of methoxy groups -OCH3 is 1. The second kappa shape index (κ2) is 6.61. The van der Waals surface area contributed by atoms with E-state index in [1.54, 1.807) is 26.6 Å². The molecule has 0 aliphatic rings. The fourth-order valence-electron chi connectivity index (χ4n) is 0.642. The molecule has 12 heavy (non-hydrogen) atoms. The highest BCUT2D eigenvalue weighted by Gasteiger charge is 1.88. The minimum atomic E-state index is 1.19. The fourth-order valence-corrected chi connectivity index (χ4v) is 0.642. The molecule has 3 heteroatoms. The van der Waals surface area contributed by atoms with Gasteiger partial charge in [0.1, 0.15) is 0 Å². The van der Waals surface area contributed by atoms with Gasteiger partial charge in [-0.25, -0.2) is 0 Å². The van der Waals surface area contributed by atoms with Crippen LogP contribution >= 0.6 is 0 Å². The maximum Gasteiger partial charge on any atom is 0.0391 e. The fraction of sp³-hybridized carbons (Fsp3) is 0.444. The average Bonchev–Trinajstić information content (AvgIpc) is 2.07. The average molecular weight is 168 g/mol. The topological polar surface area (TPSA) is 25.4 Å². The third-order valence-corrected chi connectivity index (χ3v) is 1.18. The van der Waals surface area contributed by atoms with Gasteiger partial charge in [0.25, 0.3) is 0 Å². The van der Waals surface area contributed by atoms with Gasteiger partial charge in [-0.15, -0.1) is 0 Å². The van der Waals surface area contributed by atoms with Crippen LogP contribution in [0.15, 0.2) is 24.5 Å². The Morgan fingerprint density at radius 2 is 1.58 bits per heavy atom. The summed E-state index contributed by atoms with van der Waals surface area (Å²) in [6, 6.07) is 3.94. The predicted octanol–water partition coefficient (Wildman–Crippen LogP) is 1.41. The Morgan fingerprint density at radius 1 is 1.17 bits per heavy atom. The van der Waals surface area contributed by atoms with Crippen molar-refractivity contribution in [1.29, 1.82) is 0 Å². The molecular formula is C9H16N2O. The van der Waals surface area contributed by atoms with Crippen molar-refractivity contribution in [3.63, 3.8) is 0 Å². The summed E-state index contributed by atoms with van der Waals surface area (Å²) < 4.78 is 4.25. The van der Waals surface area contributed by atoms with Crippen molar-refractivity contribution in [2.75, 3.05) is 33.2 Å². The van der Waals surface area contributed by atoms with Gasteiger partial charge in [-0.1, -0.05) is 0 Å². The van der Waals surface area contributed by atoms with Crippen LogP contribution < -0.4 is 4.90 Å². The first kappa shape index (κ1) is 10.9. The summed E-state index contributed by atoms with van der Waals surface area (Å²) in [4.78, 5) is 5.94. The van der Waals surface area contributed by atoms with Gasteiger partial charge in [0.05, 0.1) is 0 Å². The number of ether oxygens (including phenoxy) is 1. The first-order valence-corrected chi connectivity index (χ1v) is 3.69. The van der Waals surface area contributed by atoms with Crippen LogP contribution in [0, 0.1) is 0 Å². The zero-order valence-electron chi connectivity index (χ0n) is 8.11. The lowest BCUT2D eigenvalue weighted by atomic mass is 10.4. The van der Waals surface area contributed by atoms with E-state index in [0.717, 1.165) is 0 Å². The molecule has 0 fully saturated rings. The molecule has 1 aromatic rings. The molecule has 0 saturated heterocycles. The maximum atomic E-state index is 4.25. The molecule has 1 aromatic heterocycles. The quantitative estimate of drug-likeness (QED) is 0.634. The van der Waals surface area contributed by atoms with E-state index in [1.165, 1.54) is 5.69 Å². The van der Waals surface area contributed by atoms with Crippen LogP contribution in [0.1, 0.15) is 0 Å². The van der Waals surface area contributed by atoms with Gasteiger partial charge in [-0.3, -0.25) is 4.98 Å². The lowest BCUT2D eigenvalue weighted by Gasteiger charge is -2.10. The smallest absolute Gasteiger partial charge is 0.0391 e. The third kappa shape index (κ3) is 4.68. The van der Waals surface area contributed by atoms with Crippen molar-refractivity contribution in [3.8, 4) is 0 Å². The van der Waals surface area contributed by atoms with Gasteiger partial charge in [-0.05, 0) is 12.1 Å². The van der Waals surface area contributed by atoms with Crippen LogP contribution in [0.2, 0.25) is 0 Å². The summed E-state index contributed by atoms with van der Waals surface area (Å²) in [5, 5.41) is 0. The molecule has 1 rings (SSSR count). The predicted molar refractivity (Wildman–Crippen MR) is 51.5 cm³/mol. The molecule has 0 aliphatic carbocycles. The Balaban J connectivity index is 0.000000354. The molecule has 68 valence electrons. The number of hydrogen-bond acceptors (Lipinski definition) is 3. The van der Waals surface area contributed by atoms with Crippen LogP contribution in [0.3, 0.4) is 0 Å². The third-order valence-electron chi connectivity index (χ3n) is 1.18. The molecule has 0 bridgehead atoms. The molecule has 0 N–H and O–H groups in total. The Kier molecular flexibility index (Phi) is 6.01. The number of aromatic nitrogens is 1. The number of anilines is 1. The van der Waals surface area contributed by atoms with Crippen LogP contribution in [0.5, 0.6) is 0 Å². The minimum Gasteiger partial charge on any atom is -0.388 e. The molecule has 3 nitrogen and oxygen atoms in total. The van der Waals surface area contributed by atoms with Gasteiger partial charge >= 0.3 is 0 Å². The number of rotatable bonds is 1. The second-order valence-corrected chi connectivity index (χ2v) is 2.51.